The van der Waals surface area contributed by atoms with Gasteiger partial charge in [0.2, 0.25) is 5.91 Å². The van der Waals surface area contributed by atoms with E-state index in [1.54, 1.807) is 6.07 Å². The second kappa shape index (κ2) is 8.56. The standard InChI is InChI=1S/C18H21ClN2O2/c1-14-8-9-15(12-17(14)19)20-18(22)13-21(2)10-11-23-16-6-4-3-5-7-16/h3-9,12H,10-11,13H2,1-2H3,(H,20,22). The summed E-state index contributed by atoms with van der Waals surface area (Å²) in [6, 6.07) is 15.1. The van der Waals surface area contributed by atoms with Crippen LogP contribution in [0.3, 0.4) is 0 Å². The Kier molecular flexibility index (Phi) is 6.44. The van der Waals surface area contributed by atoms with Crippen LogP contribution in [-0.4, -0.2) is 37.6 Å². The van der Waals surface area contributed by atoms with Crippen molar-refractivity contribution in [2.75, 3.05) is 32.1 Å². The Bertz CT molecular complexity index is 647. The predicted molar refractivity (Wildman–Crippen MR) is 94.3 cm³/mol. The van der Waals surface area contributed by atoms with Crippen LogP contribution in [0.4, 0.5) is 5.69 Å². The van der Waals surface area contributed by atoms with E-state index in [4.69, 9.17) is 16.3 Å². The van der Waals surface area contributed by atoms with E-state index >= 15 is 0 Å². The zero-order valence-corrected chi connectivity index (χ0v) is 14.1. The summed E-state index contributed by atoms with van der Waals surface area (Å²) in [4.78, 5) is 13.9. The summed E-state index contributed by atoms with van der Waals surface area (Å²) in [5.41, 5.74) is 1.69. The van der Waals surface area contributed by atoms with Crippen LogP contribution in [0.25, 0.3) is 0 Å². The highest BCUT2D eigenvalue weighted by molar-refractivity contribution is 6.31. The van der Waals surface area contributed by atoms with Crippen molar-refractivity contribution in [3.8, 4) is 5.75 Å². The zero-order chi connectivity index (χ0) is 16.7. The Morgan fingerprint density at radius 1 is 1.22 bits per heavy atom. The Morgan fingerprint density at radius 2 is 1.96 bits per heavy atom. The highest BCUT2D eigenvalue weighted by Crippen LogP contribution is 2.19. The second-order valence-electron chi connectivity index (χ2n) is 5.41. The molecular formula is C18H21ClN2O2. The molecule has 23 heavy (non-hydrogen) atoms. The van der Waals surface area contributed by atoms with E-state index in [1.807, 2.05) is 61.3 Å². The van der Waals surface area contributed by atoms with Crippen molar-refractivity contribution >= 4 is 23.2 Å². The third-order valence-corrected chi connectivity index (χ3v) is 3.76. The highest BCUT2D eigenvalue weighted by atomic mass is 35.5. The van der Waals surface area contributed by atoms with Crippen molar-refractivity contribution in [2.45, 2.75) is 6.92 Å². The second-order valence-corrected chi connectivity index (χ2v) is 5.82. The molecule has 5 heteroatoms. The molecule has 0 aliphatic carbocycles. The number of amides is 1. The summed E-state index contributed by atoms with van der Waals surface area (Å²) in [6.07, 6.45) is 0. The molecule has 2 rings (SSSR count). The number of hydrogen-bond acceptors (Lipinski definition) is 3. The van der Waals surface area contributed by atoms with Crippen LogP contribution in [0, 0.1) is 6.92 Å². The first-order chi connectivity index (χ1) is 11.0. The summed E-state index contributed by atoms with van der Waals surface area (Å²) in [5, 5.41) is 3.49. The fraction of sp³-hybridized carbons (Fsp3) is 0.278. The molecule has 0 heterocycles. The molecule has 1 N–H and O–H groups in total. The molecule has 0 radical (unpaired) electrons. The Hall–Kier alpha value is -2.04. The lowest BCUT2D eigenvalue weighted by Gasteiger charge is -2.16. The molecule has 0 aromatic heterocycles. The van der Waals surface area contributed by atoms with E-state index in [2.05, 4.69) is 5.32 Å². The first-order valence-electron chi connectivity index (χ1n) is 7.47. The van der Waals surface area contributed by atoms with Gasteiger partial charge in [-0.1, -0.05) is 35.9 Å². The Balaban J connectivity index is 1.72. The van der Waals surface area contributed by atoms with Gasteiger partial charge in [0.15, 0.2) is 0 Å². The molecule has 0 unspecified atom stereocenters. The highest BCUT2D eigenvalue weighted by Gasteiger charge is 2.08. The third-order valence-electron chi connectivity index (χ3n) is 3.35. The number of para-hydroxylation sites is 1. The number of halogens is 1. The van der Waals surface area contributed by atoms with Crippen LogP contribution >= 0.6 is 11.6 Å². The number of nitrogens with zero attached hydrogens (tertiary/aromatic N) is 1. The van der Waals surface area contributed by atoms with Gasteiger partial charge in [0.1, 0.15) is 12.4 Å². The SMILES string of the molecule is Cc1ccc(NC(=O)CN(C)CCOc2ccccc2)cc1Cl. The summed E-state index contributed by atoms with van der Waals surface area (Å²) < 4.78 is 5.61. The number of ether oxygens (including phenoxy) is 1. The minimum Gasteiger partial charge on any atom is -0.492 e. The number of anilines is 1. The molecule has 0 atom stereocenters. The molecule has 0 saturated carbocycles. The molecule has 0 saturated heterocycles. The van der Waals surface area contributed by atoms with E-state index in [1.165, 1.54) is 0 Å². The summed E-state index contributed by atoms with van der Waals surface area (Å²) in [7, 11) is 1.88. The van der Waals surface area contributed by atoms with Crippen LogP contribution in [0.15, 0.2) is 48.5 Å². The van der Waals surface area contributed by atoms with Crippen molar-refractivity contribution in [1.82, 2.24) is 4.90 Å². The number of nitrogens with one attached hydrogen (secondary N) is 1. The van der Waals surface area contributed by atoms with Gasteiger partial charge in [-0.3, -0.25) is 9.69 Å². The van der Waals surface area contributed by atoms with Crippen molar-refractivity contribution in [3.05, 3.63) is 59.1 Å². The molecule has 0 aliphatic heterocycles. The van der Waals surface area contributed by atoms with Gasteiger partial charge in [-0.2, -0.15) is 0 Å². The fourth-order valence-electron chi connectivity index (χ4n) is 2.03. The lowest BCUT2D eigenvalue weighted by molar-refractivity contribution is -0.117. The van der Waals surface area contributed by atoms with Crippen LogP contribution < -0.4 is 10.1 Å². The van der Waals surface area contributed by atoms with Gasteiger partial charge in [-0.15, -0.1) is 0 Å². The van der Waals surface area contributed by atoms with Gasteiger partial charge in [0.05, 0.1) is 6.54 Å². The molecule has 0 fully saturated rings. The third kappa shape index (κ3) is 5.93. The van der Waals surface area contributed by atoms with E-state index in [0.717, 1.165) is 11.3 Å². The number of carbonyl (C=O) groups excluding carboxylic acids is 1. The molecule has 0 aliphatic rings. The molecule has 122 valence electrons. The van der Waals surface area contributed by atoms with Crippen molar-refractivity contribution < 1.29 is 9.53 Å². The minimum atomic E-state index is -0.0767. The average molecular weight is 333 g/mol. The Labute approximate surface area is 142 Å². The quantitative estimate of drug-likeness (QED) is 0.842. The van der Waals surface area contributed by atoms with E-state index in [0.29, 0.717) is 30.4 Å². The van der Waals surface area contributed by atoms with Crippen LogP contribution in [0.5, 0.6) is 5.75 Å². The lowest BCUT2D eigenvalue weighted by atomic mass is 10.2. The number of likely N-dealkylation sites (N-methyl/N-ethyl adjacent to an activating group) is 1. The maximum Gasteiger partial charge on any atom is 0.238 e. The summed E-state index contributed by atoms with van der Waals surface area (Å²) in [5.74, 6) is 0.756. The Morgan fingerprint density at radius 3 is 2.65 bits per heavy atom. The summed E-state index contributed by atoms with van der Waals surface area (Å²) in [6.45, 7) is 3.42. The van der Waals surface area contributed by atoms with Gasteiger partial charge >= 0.3 is 0 Å². The number of hydrogen-bond donors (Lipinski definition) is 1. The fourth-order valence-corrected chi connectivity index (χ4v) is 2.21. The van der Waals surface area contributed by atoms with Gasteiger partial charge in [0.25, 0.3) is 0 Å². The van der Waals surface area contributed by atoms with Crippen LogP contribution in [0.1, 0.15) is 5.56 Å². The molecule has 0 bridgehead atoms. The van der Waals surface area contributed by atoms with Crippen molar-refractivity contribution in [3.63, 3.8) is 0 Å². The van der Waals surface area contributed by atoms with Gasteiger partial charge in [-0.05, 0) is 43.8 Å². The summed E-state index contributed by atoms with van der Waals surface area (Å²) >= 11 is 6.05. The zero-order valence-electron chi connectivity index (χ0n) is 13.4. The van der Waals surface area contributed by atoms with Crippen LogP contribution in [-0.2, 0) is 4.79 Å². The minimum absolute atomic E-state index is 0.0767. The first-order valence-corrected chi connectivity index (χ1v) is 7.85. The maximum atomic E-state index is 12.0. The van der Waals surface area contributed by atoms with Gasteiger partial charge < -0.3 is 10.1 Å². The largest absolute Gasteiger partial charge is 0.492 e. The van der Waals surface area contributed by atoms with Crippen molar-refractivity contribution in [2.24, 2.45) is 0 Å². The smallest absolute Gasteiger partial charge is 0.238 e. The number of rotatable bonds is 7. The topological polar surface area (TPSA) is 41.6 Å². The molecule has 4 nitrogen and oxygen atoms in total. The first kappa shape index (κ1) is 17.3. The number of benzene rings is 2. The molecule has 1 amide bonds. The number of aryl methyl sites for hydroxylation is 1. The lowest BCUT2D eigenvalue weighted by Crippen LogP contribution is -2.33. The molecule has 2 aromatic carbocycles. The van der Waals surface area contributed by atoms with Gasteiger partial charge in [0, 0.05) is 17.3 Å². The average Bonchev–Trinajstić information content (AvgIpc) is 2.52. The van der Waals surface area contributed by atoms with Gasteiger partial charge in [-0.25, -0.2) is 0 Å². The van der Waals surface area contributed by atoms with Crippen molar-refractivity contribution in [1.29, 1.82) is 0 Å². The number of carbonyl (C=O) groups is 1. The van der Waals surface area contributed by atoms with Crippen LogP contribution in [0.2, 0.25) is 5.02 Å². The normalized spacial score (nSPS) is 10.6. The van der Waals surface area contributed by atoms with E-state index in [-0.39, 0.29) is 5.91 Å². The monoisotopic (exact) mass is 332 g/mol. The maximum absolute atomic E-state index is 12.0. The van der Waals surface area contributed by atoms with E-state index < -0.39 is 0 Å². The molecule has 2 aromatic rings. The molecule has 0 spiro atoms. The predicted octanol–water partition coefficient (Wildman–Crippen LogP) is 3.60. The van der Waals surface area contributed by atoms with E-state index in [9.17, 15) is 4.79 Å². The molecular weight excluding hydrogens is 312 g/mol.